The van der Waals surface area contributed by atoms with E-state index >= 15 is 0 Å². The van der Waals surface area contributed by atoms with Gasteiger partial charge in [-0.1, -0.05) is 24.1 Å². The molecule has 1 saturated heterocycles. The Bertz CT molecular complexity index is 804. The monoisotopic (exact) mass is 339 g/mol. The van der Waals surface area contributed by atoms with Crippen molar-refractivity contribution in [1.29, 1.82) is 0 Å². The fraction of sp³-hybridized carbons (Fsp3) is 0.421. The van der Waals surface area contributed by atoms with Gasteiger partial charge in [-0.15, -0.1) is 0 Å². The van der Waals surface area contributed by atoms with Gasteiger partial charge in [0.1, 0.15) is 11.3 Å². The third kappa shape index (κ3) is 4.59. The second-order valence-corrected chi connectivity index (χ2v) is 6.69. The van der Waals surface area contributed by atoms with Crippen molar-refractivity contribution in [3.8, 4) is 11.8 Å². The standard InChI is InChI=1S/C19H22BNO4/c1-19(2,25-18-5-3-4-12-24-18)10-8-17-16-7-6-15(20(22)23)13-14(16)9-11-21-17/h6-7,9,11,13,18,22-23H,3-5,12H2,1-2H3. The van der Waals surface area contributed by atoms with Gasteiger partial charge >= 0.3 is 7.12 Å². The van der Waals surface area contributed by atoms with Crippen molar-refractivity contribution in [2.24, 2.45) is 0 Å². The highest BCUT2D eigenvalue weighted by Gasteiger charge is 2.24. The molecule has 0 radical (unpaired) electrons. The topological polar surface area (TPSA) is 71.8 Å². The molecular formula is C19H22BNO4. The lowest BCUT2D eigenvalue weighted by Crippen LogP contribution is -2.33. The minimum absolute atomic E-state index is 0.202. The number of rotatable bonds is 3. The molecule has 2 aromatic rings. The zero-order chi connectivity index (χ0) is 17.9. The molecule has 1 atom stereocenters. The van der Waals surface area contributed by atoms with E-state index in [2.05, 4.69) is 16.8 Å². The Morgan fingerprint density at radius 1 is 1.28 bits per heavy atom. The molecule has 0 bridgehead atoms. The average Bonchev–Trinajstić information content (AvgIpc) is 2.60. The Hall–Kier alpha value is -1.91. The predicted octanol–water partition coefficient (Wildman–Crippen LogP) is 1.59. The summed E-state index contributed by atoms with van der Waals surface area (Å²) in [6.07, 6.45) is 4.54. The zero-order valence-corrected chi connectivity index (χ0v) is 14.5. The van der Waals surface area contributed by atoms with Crippen LogP contribution >= 0.6 is 0 Å². The fourth-order valence-corrected chi connectivity index (χ4v) is 2.83. The van der Waals surface area contributed by atoms with Gasteiger partial charge < -0.3 is 19.5 Å². The predicted molar refractivity (Wildman–Crippen MR) is 97.2 cm³/mol. The Morgan fingerprint density at radius 3 is 2.84 bits per heavy atom. The lowest BCUT2D eigenvalue weighted by atomic mass is 9.79. The number of benzene rings is 1. The number of ether oxygens (including phenoxy) is 2. The summed E-state index contributed by atoms with van der Waals surface area (Å²) in [6.45, 7) is 4.57. The summed E-state index contributed by atoms with van der Waals surface area (Å²) in [6, 6.07) is 7.02. The van der Waals surface area contributed by atoms with E-state index in [1.54, 1.807) is 24.4 Å². The van der Waals surface area contributed by atoms with E-state index in [9.17, 15) is 10.0 Å². The van der Waals surface area contributed by atoms with Crippen LogP contribution in [0, 0.1) is 11.8 Å². The van der Waals surface area contributed by atoms with E-state index in [4.69, 9.17) is 9.47 Å². The maximum Gasteiger partial charge on any atom is 0.488 e. The Kier molecular flexibility index (Phi) is 5.40. The number of aromatic nitrogens is 1. The molecule has 0 spiro atoms. The molecule has 6 heteroatoms. The molecule has 2 N–H and O–H groups in total. The number of fused-ring (bicyclic) bond motifs is 1. The van der Waals surface area contributed by atoms with E-state index in [-0.39, 0.29) is 6.29 Å². The number of hydrogen-bond acceptors (Lipinski definition) is 5. The average molecular weight is 339 g/mol. The summed E-state index contributed by atoms with van der Waals surface area (Å²) >= 11 is 0. The van der Waals surface area contributed by atoms with Crippen LogP contribution in [0.1, 0.15) is 38.8 Å². The largest absolute Gasteiger partial charge is 0.488 e. The highest BCUT2D eigenvalue weighted by molar-refractivity contribution is 6.58. The molecular weight excluding hydrogens is 317 g/mol. The first-order valence-electron chi connectivity index (χ1n) is 8.52. The molecule has 3 rings (SSSR count). The molecule has 0 saturated carbocycles. The van der Waals surface area contributed by atoms with Gasteiger partial charge in [0.2, 0.25) is 0 Å². The van der Waals surface area contributed by atoms with E-state index < -0.39 is 12.7 Å². The summed E-state index contributed by atoms with van der Waals surface area (Å²) in [5, 5.41) is 20.3. The molecule has 0 amide bonds. The van der Waals surface area contributed by atoms with E-state index in [1.165, 1.54) is 0 Å². The zero-order valence-electron chi connectivity index (χ0n) is 14.5. The van der Waals surface area contributed by atoms with Gasteiger partial charge in [-0.3, -0.25) is 0 Å². The fourth-order valence-electron chi connectivity index (χ4n) is 2.83. The molecule has 2 heterocycles. The SMILES string of the molecule is CC(C)(C#Cc1nccc2cc(B(O)O)ccc12)OC1CCCCO1. The maximum atomic E-state index is 9.30. The van der Waals surface area contributed by atoms with Crippen molar-refractivity contribution in [3.63, 3.8) is 0 Å². The van der Waals surface area contributed by atoms with E-state index in [0.717, 1.165) is 36.6 Å². The lowest BCUT2D eigenvalue weighted by Gasteiger charge is -2.29. The van der Waals surface area contributed by atoms with Crippen LogP contribution in [0.2, 0.25) is 0 Å². The third-order valence-corrected chi connectivity index (χ3v) is 4.13. The molecule has 5 nitrogen and oxygen atoms in total. The van der Waals surface area contributed by atoms with E-state index in [0.29, 0.717) is 11.2 Å². The Labute approximate surface area is 148 Å². The second kappa shape index (κ2) is 7.55. The van der Waals surface area contributed by atoms with Gasteiger partial charge in [-0.2, -0.15) is 0 Å². The maximum absolute atomic E-state index is 9.30. The van der Waals surface area contributed by atoms with Crippen LogP contribution in [0.3, 0.4) is 0 Å². The smallest absolute Gasteiger partial charge is 0.423 e. The van der Waals surface area contributed by atoms with Gasteiger partial charge in [0.25, 0.3) is 0 Å². The quantitative estimate of drug-likeness (QED) is 0.656. The normalized spacial score (nSPS) is 17.8. The molecule has 1 aromatic heterocycles. The molecule has 1 aliphatic heterocycles. The van der Waals surface area contributed by atoms with Crippen LogP contribution in [0.15, 0.2) is 30.5 Å². The molecule has 0 aliphatic carbocycles. The number of nitrogens with zero attached hydrogens (tertiary/aromatic N) is 1. The summed E-state index contributed by atoms with van der Waals surface area (Å²) in [7, 11) is -1.49. The Balaban J connectivity index is 1.83. The lowest BCUT2D eigenvalue weighted by molar-refractivity contribution is -0.199. The van der Waals surface area contributed by atoms with Crippen molar-refractivity contribution in [2.75, 3.05) is 6.61 Å². The van der Waals surface area contributed by atoms with Gasteiger partial charge in [0, 0.05) is 18.2 Å². The number of hydrogen-bond donors (Lipinski definition) is 2. The van der Waals surface area contributed by atoms with Crippen LogP contribution in [0.5, 0.6) is 0 Å². The molecule has 130 valence electrons. The summed E-state index contributed by atoms with van der Waals surface area (Å²) in [5.74, 6) is 6.24. The highest BCUT2D eigenvalue weighted by Crippen LogP contribution is 2.21. The molecule has 1 aliphatic rings. The first kappa shape index (κ1) is 17.9. The van der Waals surface area contributed by atoms with Gasteiger partial charge in [-0.25, -0.2) is 4.98 Å². The van der Waals surface area contributed by atoms with Crippen LogP contribution < -0.4 is 5.46 Å². The highest BCUT2D eigenvalue weighted by atomic mass is 16.7. The van der Waals surface area contributed by atoms with Gasteiger partial charge in [0.15, 0.2) is 6.29 Å². The van der Waals surface area contributed by atoms with Crippen molar-refractivity contribution in [1.82, 2.24) is 4.98 Å². The van der Waals surface area contributed by atoms with Crippen molar-refractivity contribution in [2.45, 2.75) is 45.0 Å². The first-order chi connectivity index (χ1) is 11.9. The second-order valence-electron chi connectivity index (χ2n) is 6.69. The number of pyridine rings is 1. The molecule has 1 unspecified atom stereocenters. The summed E-state index contributed by atoms with van der Waals surface area (Å²) < 4.78 is 11.6. The van der Waals surface area contributed by atoms with Crippen molar-refractivity contribution in [3.05, 3.63) is 36.2 Å². The first-order valence-corrected chi connectivity index (χ1v) is 8.52. The van der Waals surface area contributed by atoms with Crippen LogP contribution in [0.25, 0.3) is 10.8 Å². The molecule has 25 heavy (non-hydrogen) atoms. The van der Waals surface area contributed by atoms with E-state index in [1.807, 2.05) is 19.9 Å². The summed E-state index contributed by atoms with van der Waals surface area (Å²) in [5.41, 5.74) is 0.432. The third-order valence-electron chi connectivity index (χ3n) is 4.13. The van der Waals surface area contributed by atoms with Crippen LogP contribution in [0.4, 0.5) is 0 Å². The van der Waals surface area contributed by atoms with Gasteiger partial charge in [0.05, 0.1) is 0 Å². The minimum Gasteiger partial charge on any atom is -0.423 e. The van der Waals surface area contributed by atoms with Crippen LogP contribution in [-0.2, 0) is 9.47 Å². The molecule has 1 fully saturated rings. The van der Waals surface area contributed by atoms with Crippen LogP contribution in [-0.4, -0.2) is 40.6 Å². The van der Waals surface area contributed by atoms with Crippen molar-refractivity contribution < 1.29 is 19.5 Å². The molecule has 1 aromatic carbocycles. The van der Waals surface area contributed by atoms with Gasteiger partial charge in [-0.05, 0) is 55.9 Å². The Morgan fingerprint density at radius 2 is 2.12 bits per heavy atom. The van der Waals surface area contributed by atoms with Crippen molar-refractivity contribution >= 4 is 23.4 Å². The minimum atomic E-state index is -1.49. The summed E-state index contributed by atoms with van der Waals surface area (Å²) in [4.78, 5) is 4.35.